The molecule has 0 N–H and O–H groups in total. The van der Waals surface area contributed by atoms with Gasteiger partial charge in [0.25, 0.3) is 0 Å². The van der Waals surface area contributed by atoms with Gasteiger partial charge in [-0.1, -0.05) is 58.0 Å². The van der Waals surface area contributed by atoms with Crippen molar-refractivity contribution in [2.75, 3.05) is 11.1 Å². The van der Waals surface area contributed by atoms with E-state index in [1.165, 1.54) is 24.6 Å². The summed E-state index contributed by atoms with van der Waals surface area (Å²) in [6.07, 6.45) is 2.51. The summed E-state index contributed by atoms with van der Waals surface area (Å²) in [6.45, 7) is 0. The van der Waals surface area contributed by atoms with Crippen LogP contribution >= 0.6 is 27.7 Å². The highest BCUT2D eigenvalue weighted by atomic mass is 79.9. The van der Waals surface area contributed by atoms with Gasteiger partial charge in [-0.25, -0.2) is 0 Å². The van der Waals surface area contributed by atoms with Crippen LogP contribution < -0.4 is 0 Å². The molecule has 0 unspecified atom stereocenters. The SMILES string of the molecule is O=C(SCC1(CBr)CC1)c1ccccc1. The molecular formula is C12H13BrOS. The topological polar surface area (TPSA) is 17.1 Å². The third-order valence-electron chi connectivity index (χ3n) is 2.76. The predicted molar refractivity (Wildman–Crippen MR) is 68.7 cm³/mol. The number of benzene rings is 1. The van der Waals surface area contributed by atoms with E-state index >= 15 is 0 Å². The molecule has 1 saturated carbocycles. The molecule has 1 nitrogen and oxygen atoms in total. The average Bonchev–Trinajstić information content (AvgIpc) is 3.08. The summed E-state index contributed by atoms with van der Waals surface area (Å²) in [4.78, 5) is 11.8. The number of rotatable bonds is 4. The maximum absolute atomic E-state index is 11.8. The van der Waals surface area contributed by atoms with E-state index in [1.807, 2.05) is 30.3 Å². The lowest BCUT2D eigenvalue weighted by atomic mass is 10.2. The Morgan fingerprint density at radius 3 is 2.53 bits per heavy atom. The Hall–Kier alpha value is -0.280. The lowest BCUT2D eigenvalue weighted by molar-refractivity contribution is 0.108. The first kappa shape index (κ1) is 11.2. The van der Waals surface area contributed by atoms with Crippen LogP contribution in [0.15, 0.2) is 30.3 Å². The summed E-state index contributed by atoms with van der Waals surface area (Å²) >= 11 is 4.97. The minimum Gasteiger partial charge on any atom is -0.282 e. The molecule has 1 aromatic rings. The van der Waals surface area contributed by atoms with Gasteiger partial charge >= 0.3 is 0 Å². The molecule has 0 aliphatic heterocycles. The molecule has 15 heavy (non-hydrogen) atoms. The van der Waals surface area contributed by atoms with Crippen LogP contribution in [0.4, 0.5) is 0 Å². The summed E-state index contributed by atoms with van der Waals surface area (Å²) in [5.74, 6) is 0.950. The van der Waals surface area contributed by atoms with Crippen molar-refractivity contribution in [1.29, 1.82) is 0 Å². The van der Waals surface area contributed by atoms with Gasteiger partial charge in [0.1, 0.15) is 0 Å². The third kappa shape index (κ3) is 2.85. The second-order valence-electron chi connectivity index (χ2n) is 4.08. The molecule has 0 radical (unpaired) electrons. The molecule has 80 valence electrons. The first-order valence-corrected chi connectivity index (χ1v) is 7.15. The molecule has 1 fully saturated rings. The van der Waals surface area contributed by atoms with Crippen LogP contribution in [0.1, 0.15) is 23.2 Å². The van der Waals surface area contributed by atoms with Crippen LogP contribution in [0.3, 0.4) is 0 Å². The van der Waals surface area contributed by atoms with Gasteiger partial charge in [0.15, 0.2) is 0 Å². The Morgan fingerprint density at radius 2 is 2.00 bits per heavy atom. The normalized spacial score (nSPS) is 17.4. The first-order valence-electron chi connectivity index (χ1n) is 5.04. The van der Waals surface area contributed by atoms with Crippen molar-refractivity contribution in [3.63, 3.8) is 0 Å². The Kier molecular flexibility index (Phi) is 3.52. The van der Waals surface area contributed by atoms with Gasteiger partial charge in [-0.2, -0.15) is 0 Å². The average molecular weight is 285 g/mol. The van der Waals surface area contributed by atoms with E-state index in [0.717, 1.165) is 16.6 Å². The van der Waals surface area contributed by atoms with Crippen molar-refractivity contribution in [1.82, 2.24) is 0 Å². The van der Waals surface area contributed by atoms with Crippen molar-refractivity contribution in [3.05, 3.63) is 35.9 Å². The van der Waals surface area contributed by atoms with Crippen molar-refractivity contribution < 1.29 is 4.79 Å². The number of alkyl halides is 1. The molecule has 0 aromatic heterocycles. The lowest BCUT2D eigenvalue weighted by Crippen LogP contribution is -2.07. The van der Waals surface area contributed by atoms with E-state index in [4.69, 9.17) is 0 Å². The van der Waals surface area contributed by atoms with Gasteiger partial charge in [0.2, 0.25) is 5.12 Å². The van der Waals surface area contributed by atoms with Gasteiger partial charge in [-0.3, -0.25) is 4.79 Å². The van der Waals surface area contributed by atoms with E-state index < -0.39 is 0 Å². The molecule has 0 spiro atoms. The molecule has 0 bridgehead atoms. The summed E-state index contributed by atoms with van der Waals surface area (Å²) in [5.41, 5.74) is 1.22. The van der Waals surface area contributed by atoms with Crippen LogP contribution in [-0.4, -0.2) is 16.2 Å². The van der Waals surface area contributed by atoms with E-state index in [-0.39, 0.29) is 5.12 Å². The van der Waals surface area contributed by atoms with Crippen molar-refractivity contribution >= 4 is 32.8 Å². The van der Waals surface area contributed by atoms with Crippen LogP contribution in [0.5, 0.6) is 0 Å². The number of thioether (sulfide) groups is 1. The van der Waals surface area contributed by atoms with Crippen molar-refractivity contribution in [3.8, 4) is 0 Å². The maximum Gasteiger partial charge on any atom is 0.219 e. The van der Waals surface area contributed by atoms with Gasteiger partial charge < -0.3 is 0 Å². The highest BCUT2D eigenvalue weighted by Gasteiger charge is 2.41. The second-order valence-corrected chi connectivity index (χ2v) is 5.58. The summed E-state index contributed by atoms with van der Waals surface area (Å²) in [7, 11) is 0. The maximum atomic E-state index is 11.8. The number of carbonyl (C=O) groups is 1. The van der Waals surface area contributed by atoms with E-state index in [0.29, 0.717) is 5.41 Å². The fourth-order valence-electron chi connectivity index (χ4n) is 1.37. The highest BCUT2D eigenvalue weighted by molar-refractivity contribution is 9.09. The number of carbonyl (C=O) groups excluding carboxylic acids is 1. The smallest absolute Gasteiger partial charge is 0.219 e. The Labute approximate surface area is 103 Å². The molecule has 1 aliphatic rings. The quantitative estimate of drug-likeness (QED) is 0.784. The second kappa shape index (κ2) is 4.71. The van der Waals surface area contributed by atoms with Crippen LogP contribution in [0, 0.1) is 5.41 Å². The van der Waals surface area contributed by atoms with Crippen molar-refractivity contribution in [2.45, 2.75) is 12.8 Å². The monoisotopic (exact) mass is 284 g/mol. The molecule has 1 aliphatic carbocycles. The van der Waals surface area contributed by atoms with E-state index in [2.05, 4.69) is 15.9 Å². The number of halogens is 1. The molecule has 1 aromatic carbocycles. The molecule has 0 amide bonds. The molecule has 2 rings (SSSR count). The van der Waals surface area contributed by atoms with Crippen LogP contribution in [0.25, 0.3) is 0 Å². The Balaban J connectivity index is 1.88. The zero-order valence-electron chi connectivity index (χ0n) is 8.41. The zero-order valence-corrected chi connectivity index (χ0v) is 10.8. The molecular weight excluding hydrogens is 272 g/mol. The van der Waals surface area contributed by atoms with Gasteiger partial charge in [-0.05, 0) is 18.3 Å². The van der Waals surface area contributed by atoms with Gasteiger partial charge in [0, 0.05) is 16.6 Å². The molecule has 3 heteroatoms. The van der Waals surface area contributed by atoms with Crippen LogP contribution in [-0.2, 0) is 0 Å². The minimum atomic E-state index is 0.197. The van der Waals surface area contributed by atoms with Gasteiger partial charge in [-0.15, -0.1) is 0 Å². The number of hydrogen-bond donors (Lipinski definition) is 0. The standard InChI is InChI=1S/C12H13BrOS/c13-8-12(6-7-12)9-15-11(14)10-4-2-1-3-5-10/h1-5H,6-9H2. The zero-order chi connectivity index (χ0) is 10.7. The predicted octanol–water partition coefficient (Wildman–Crippen LogP) is 3.74. The summed E-state index contributed by atoms with van der Waals surface area (Å²) in [5, 5.41) is 1.22. The Bertz CT molecular complexity index is 346. The number of hydrogen-bond acceptors (Lipinski definition) is 2. The highest BCUT2D eigenvalue weighted by Crippen LogP contribution is 2.49. The fraction of sp³-hybridized carbons (Fsp3) is 0.417. The molecule has 0 saturated heterocycles. The summed E-state index contributed by atoms with van der Waals surface area (Å²) < 4.78 is 0. The first-order chi connectivity index (χ1) is 7.26. The van der Waals surface area contributed by atoms with E-state index in [9.17, 15) is 4.79 Å². The van der Waals surface area contributed by atoms with Gasteiger partial charge in [0.05, 0.1) is 0 Å². The van der Waals surface area contributed by atoms with Crippen molar-refractivity contribution in [2.24, 2.45) is 5.41 Å². The third-order valence-corrected chi connectivity index (χ3v) is 5.20. The molecule has 0 atom stereocenters. The fourth-order valence-corrected chi connectivity index (χ4v) is 3.52. The summed E-state index contributed by atoms with van der Waals surface area (Å²) in [6, 6.07) is 9.50. The minimum absolute atomic E-state index is 0.197. The largest absolute Gasteiger partial charge is 0.282 e. The van der Waals surface area contributed by atoms with Crippen LogP contribution in [0.2, 0.25) is 0 Å². The lowest BCUT2D eigenvalue weighted by Gasteiger charge is -2.09. The Morgan fingerprint density at radius 1 is 1.33 bits per heavy atom. The van der Waals surface area contributed by atoms with E-state index in [1.54, 1.807) is 0 Å². The molecule has 0 heterocycles.